The molecule has 0 spiro atoms. The molecule has 1 aliphatic heterocycles. The summed E-state index contributed by atoms with van der Waals surface area (Å²) in [5.41, 5.74) is 2.20. The van der Waals surface area contributed by atoms with Crippen LogP contribution in [0.2, 0.25) is 0 Å². The number of ether oxygens (including phenoxy) is 3. The van der Waals surface area contributed by atoms with Gasteiger partial charge in [0.25, 0.3) is 0 Å². The van der Waals surface area contributed by atoms with Crippen molar-refractivity contribution >= 4 is 0 Å². The first kappa shape index (κ1) is 12.5. The van der Waals surface area contributed by atoms with Gasteiger partial charge in [0.2, 0.25) is 0 Å². The number of hydrogen-bond acceptors (Lipinski definition) is 4. The van der Waals surface area contributed by atoms with Crippen molar-refractivity contribution in [3.63, 3.8) is 0 Å². The topological polar surface area (TPSA) is 39.7 Å². The van der Waals surface area contributed by atoms with Crippen LogP contribution in [-0.2, 0) is 14.2 Å². The van der Waals surface area contributed by atoms with Crippen LogP contribution >= 0.6 is 0 Å². The first-order valence-electron chi connectivity index (χ1n) is 5.83. The minimum Gasteiger partial charge on any atom is -0.371 e. The zero-order valence-electron chi connectivity index (χ0n) is 10.3. The Morgan fingerprint density at radius 1 is 1.24 bits per heavy atom. The van der Waals surface area contributed by atoms with Crippen molar-refractivity contribution < 1.29 is 14.2 Å². The standard InChI is InChI=1S/C13H19NO3/c1-15-13(16-2)11-5-3-10(4-6-11)12-9-14-7-8-17-12/h3-6,12-14H,7-9H2,1-2H3. The molecule has 1 fully saturated rings. The summed E-state index contributed by atoms with van der Waals surface area (Å²) in [5, 5.41) is 3.32. The number of morpholine rings is 1. The Kier molecular flexibility index (Phi) is 4.50. The molecular formula is C13H19NO3. The van der Waals surface area contributed by atoms with E-state index in [9.17, 15) is 0 Å². The van der Waals surface area contributed by atoms with Crippen molar-refractivity contribution in [1.82, 2.24) is 5.32 Å². The highest BCUT2D eigenvalue weighted by molar-refractivity contribution is 5.25. The maximum absolute atomic E-state index is 5.69. The van der Waals surface area contributed by atoms with Crippen LogP contribution < -0.4 is 5.32 Å². The summed E-state index contributed by atoms with van der Waals surface area (Å²) >= 11 is 0. The molecule has 0 aromatic heterocycles. The molecule has 4 nitrogen and oxygen atoms in total. The summed E-state index contributed by atoms with van der Waals surface area (Å²) in [4.78, 5) is 0. The van der Waals surface area contributed by atoms with Crippen molar-refractivity contribution in [3.05, 3.63) is 35.4 Å². The smallest absolute Gasteiger partial charge is 0.183 e. The maximum Gasteiger partial charge on any atom is 0.183 e. The molecule has 0 aliphatic carbocycles. The predicted octanol–water partition coefficient (Wildman–Crippen LogP) is 1.64. The Morgan fingerprint density at radius 3 is 2.47 bits per heavy atom. The molecule has 0 saturated carbocycles. The Labute approximate surface area is 102 Å². The average Bonchev–Trinajstić information content (AvgIpc) is 2.42. The fourth-order valence-electron chi connectivity index (χ4n) is 2.02. The Hall–Kier alpha value is -0.940. The number of benzene rings is 1. The van der Waals surface area contributed by atoms with Crippen LogP contribution in [0.5, 0.6) is 0 Å². The monoisotopic (exact) mass is 237 g/mol. The van der Waals surface area contributed by atoms with Crippen molar-refractivity contribution in [2.75, 3.05) is 33.9 Å². The molecule has 1 atom stereocenters. The Morgan fingerprint density at radius 2 is 1.94 bits per heavy atom. The number of methoxy groups -OCH3 is 2. The average molecular weight is 237 g/mol. The van der Waals surface area contributed by atoms with E-state index < -0.39 is 0 Å². The number of rotatable bonds is 4. The molecule has 1 unspecified atom stereocenters. The summed E-state index contributed by atoms with van der Waals surface area (Å²) < 4.78 is 16.1. The van der Waals surface area contributed by atoms with Crippen LogP contribution in [0.25, 0.3) is 0 Å². The van der Waals surface area contributed by atoms with E-state index in [1.54, 1.807) is 14.2 Å². The zero-order valence-corrected chi connectivity index (χ0v) is 10.3. The highest BCUT2D eigenvalue weighted by Crippen LogP contribution is 2.22. The molecule has 4 heteroatoms. The van der Waals surface area contributed by atoms with Crippen LogP contribution in [0, 0.1) is 0 Å². The van der Waals surface area contributed by atoms with Crippen LogP contribution in [0.15, 0.2) is 24.3 Å². The first-order valence-corrected chi connectivity index (χ1v) is 5.83. The molecule has 1 aliphatic rings. The molecule has 94 valence electrons. The molecule has 2 rings (SSSR count). The predicted molar refractivity (Wildman–Crippen MR) is 64.8 cm³/mol. The third-order valence-electron chi connectivity index (χ3n) is 2.94. The molecular weight excluding hydrogens is 218 g/mol. The van der Waals surface area contributed by atoms with Gasteiger partial charge in [-0.05, 0) is 5.56 Å². The lowest BCUT2D eigenvalue weighted by atomic mass is 10.1. The minimum absolute atomic E-state index is 0.154. The third kappa shape index (κ3) is 3.04. The maximum atomic E-state index is 5.69. The molecule has 0 amide bonds. The molecule has 1 saturated heterocycles. The fraction of sp³-hybridized carbons (Fsp3) is 0.538. The van der Waals surface area contributed by atoms with Crippen LogP contribution in [0.1, 0.15) is 23.5 Å². The van der Waals surface area contributed by atoms with E-state index in [1.807, 2.05) is 12.1 Å². The van der Waals surface area contributed by atoms with Gasteiger partial charge in [-0.3, -0.25) is 0 Å². The lowest BCUT2D eigenvalue weighted by Crippen LogP contribution is -2.33. The third-order valence-corrected chi connectivity index (χ3v) is 2.94. The highest BCUT2D eigenvalue weighted by atomic mass is 16.7. The van der Waals surface area contributed by atoms with E-state index >= 15 is 0 Å². The van der Waals surface area contributed by atoms with Gasteiger partial charge in [0, 0.05) is 32.9 Å². The first-order chi connectivity index (χ1) is 8.35. The van der Waals surface area contributed by atoms with Gasteiger partial charge in [-0.2, -0.15) is 0 Å². The van der Waals surface area contributed by atoms with Gasteiger partial charge in [-0.25, -0.2) is 0 Å². The molecule has 17 heavy (non-hydrogen) atoms. The highest BCUT2D eigenvalue weighted by Gasteiger charge is 2.16. The van der Waals surface area contributed by atoms with E-state index in [0.717, 1.165) is 25.3 Å². The van der Waals surface area contributed by atoms with Gasteiger partial charge >= 0.3 is 0 Å². The molecule has 0 bridgehead atoms. The van der Waals surface area contributed by atoms with Gasteiger partial charge < -0.3 is 19.5 Å². The molecule has 1 heterocycles. The van der Waals surface area contributed by atoms with Gasteiger partial charge in [0.1, 0.15) is 0 Å². The lowest BCUT2D eigenvalue weighted by Gasteiger charge is -2.24. The van der Waals surface area contributed by atoms with Crippen LogP contribution in [0.4, 0.5) is 0 Å². The van der Waals surface area contributed by atoms with Gasteiger partial charge in [0.05, 0.1) is 12.7 Å². The second-order valence-corrected chi connectivity index (χ2v) is 4.03. The van der Waals surface area contributed by atoms with E-state index in [-0.39, 0.29) is 12.4 Å². The van der Waals surface area contributed by atoms with Gasteiger partial charge in [-0.1, -0.05) is 24.3 Å². The van der Waals surface area contributed by atoms with Crippen molar-refractivity contribution in [2.45, 2.75) is 12.4 Å². The minimum atomic E-state index is -0.297. The fourth-order valence-corrected chi connectivity index (χ4v) is 2.02. The summed E-state index contributed by atoms with van der Waals surface area (Å²) in [6.07, 6.45) is -0.143. The van der Waals surface area contributed by atoms with Crippen molar-refractivity contribution in [3.8, 4) is 0 Å². The SMILES string of the molecule is COC(OC)c1ccc(C2CNCCO2)cc1. The largest absolute Gasteiger partial charge is 0.371 e. The summed E-state index contributed by atoms with van der Waals surface area (Å²) in [5.74, 6) is 0. The second-order valence-electron chi connectivity index (χ2n) is 4.03. The Bertz CT molecular complexity index is 329. The lowest BCUT2D eigenvalue weighted by molar-refractivity contribution is -0.106. The van der Waals surface area contributed by atoms with Crippen molar-refractivity contribution in [1.29, 1.82) is 0 Å². The molecule has 0 radical (unpaired) electrons. The van der Waals surface area contributed by atoms with E-state index in [4.69, 9.17) is 14.2 Å². The number of nitrogens with one attached hydrogen (secondary N) is 1. The Balaban J connectivity index is 2.06. The van der Waals surface area contributed by atoms with Gasteiger partial charge in [-0.15, -0.1) is 0 Å². The molecule has 1 aromatic carbocycles. The quantitative estimate of drug-likeness (QED) is 0.808. The van der Waals surface area contributed by atoms with Crippen molar-refractivity contribution in [2.24, 2.45) is 0 Å². The van der Waals surface area contributed by atoms with E-state index in [1.165, 1.54) is 5.56 Å². The molecule has 1 aromatic rings. The van der Waals surface area contributed by atoms with E-state index in [2.05, 4.69) is 17.4 Å². The summed E-state index contributed by atoms with van der Waals surface area (Å²) in [6, 6.07) is 8.17. The second kappa shape index (κ2) is 6.12. The number of hydrogen-bond donors (Lipinski definition) is 1. The molecule has 1 N–H and O–H groups in total. The van der Waals surface area contributed by atoms with Gasteiger partial charge in [0.15, 0.2) is 6.29 Å². The van der Waals surface area contributed by atoms with E-state index in [0.29, 0.717) is 0 Å². The van der Waals surface area contributed by atoms with Crippen LogP contribution in [0.3, 0.4) is 0 Å². The zero-order chi connectivity index (χ0) is 12.1. The normalized spacial score (nSPS) is 20.8. The van der Waals surface area contributed by atoms with Crippen LogP contribution in [-0.4, -0.2) is 33.9 Å². The summed E-state index contributed by atoms with van der Waals surface area (Å²) in [7, 11) is 3.27. The summed E-state index contributed by atoms with van der Waals surface area (Å²) in [6.45, 7) is 2.58.